The largest absolute Gasteiger partial charge is 0.464 e. The van der Waals surface area contributed by atoms with Crippen LogP contribution in [-0.2, 0) is 4.74 Å². The van der Waals surface area contributed by atoms with Crippen molar-refractivity contribution in [2.75, 3.05) is 13.3 Å². The van der Waals surface area contributed by atoms with Crippen molar-refractivity contribution in [1.82, 2.24) is 9.80 Å². The fourth-order valence-corrected chi connectivity index (χ4v) is 1.14. The van der Waals surface area contributed by atoms with Crippen LogP contribution >= 0.6 is 0 Å². The maximum atomic E-state index is 10.5. The maximum absolute atomic E-state index is 10.5. The van der Waals surface area contributed by atoms with Crippen molar-refractivity contribution in [2.45, 2.75) is 0 Å². The number of fused-ring (bicyclic) bond motifs is 1. The lowest BCUT2D eigenvalue weighted by Crippen LogP contribution is -2.25. The zero-order valence-corrected chi connectivity index (χ0v) is 6.30. The molecule has 0 spiro atoms. The molecule has 0 atom stereocenters. The predicted octanol–water partition coefficient (Wildman–Crippen LogP) is 0.582. The number of carboxylic acid groups (broad SMARTS) is 1. The second-order valence-electron chi connectivity index (χ2n) is 2.56. The third-order valence-corrected chi connectivity index (χ3v) is 1.77. The molecule has 0 saturated carbocycles. The van der Waals surface area contributed by atoms with Crippen LogP contribution in [0, 0.1) is 0 Å². The standard InChI is InChI=1S/C7H8N2O3/c10-7(11)8-1-2-9-5-12-4-6(9)3-8/h1-3H,4-5H2,(H,10,11). The van der Waals surface area contributed by atoms with E-state index in [1.54, 1.807) is 12.4 Å². The first-order chi connectivity index (χ1) is 5.77. The molecule has 5 nitrogen and oxygen atoms in total. The van der Waals surface area contributed by atoms with Crippen LogP contribution in [0.1, 0.15) is 0 Å². The highest BCUT2D eigenvalue weighted by Crippen LogP contribution is 2.18. The lowest BCUT2D eigenvalue weighted by molar-refractivity contribution is 0.159. The smallest absolute Gasteiger partial charge is 0.415 e. The van der Waals surface area contributed by atoms with Crippen LogP contribution < -0.4 is 0 Å². The summed E-state index contributed by atoms with van der Waals surface area (Å²) in [5, 5.41) is 8.63. The van der Waals surface area contributed by atoms with E-state index in [0.717, 1.165) is 10.6 Å². The second-order valence-corrected chi connectivity index (χ2v) is 2.56. The molecule has 2 rings (SSSR count). The minimum atomic E-state index is -0.981. The molecule has 64 valence electrons. The Kier molecular flexibility index (Phi) is 1.51. The van der Waals surface area contributed by atoms with Gasteiger partial charge in [-0.15, -0.1) is 0 Å². The molecule has 0 bridgehead atoms. The van der Waals surface area contributed by atoms with E-state index in [-0.39, 0.29) is 0 Å². The van der Waals surface area contributed by atoms with Gasteiger partial charge in [0.25, 0.3) is 0 Å². The molecule has 0 aromatic heterocycles. The van der Waals surface area contributed by atoms with Gasteiger partial charge >= 0.3 is 6.09 Å². The van der Waals surface area contributed by atoms with E-state index in [1.807, 2.05) is 4.90 Å². The molecule has 0 unspecified atom stereocenters. The SMILES string of the molecule is O=C(O)N1C=CN2COCC2=C1. The van der Waals surface area contributed by atoms with Crippen LogP contribution in [0.15, 0.2) is 24.3 Å². The Balaban J connectivity index is 2.20. The Hall–Kier alpha value is -1.49. The number of nitrogens with zero attached hydrogens (tertiary/aromatic N) is 2. The van der Waals surface area contributed by atoms with Gasteiger partial charge in [-0.25, -0.2) is 4.79 Å². The van der Waals surface area contributed by atoms with Gasteiger partial charge in [0.15, 0.2) is 0 Å². The first kappa shape index (κ1) is 7.17. The molecular formula is C7H8N2O3. The summed E-state index contributed by atoms with van der Waals surface area (Å²) in [7, 11) is 0. The van der Waals surface area contributed by atoms with E-state index in [1.165, 1.54) is 6.20 Å². The summed E-state index contributed by atoms with van der Waals surface area (Å²) in [6.07, 6.45) is 3.75. The summed E-state index contributed by atoms with van der Waals surface area (Å²) in [5.41, 5.74) is 0.875. The van der Waals surface area contributed by atoms with E-state index >= 15 is 0 Å². The van der Waals surface area contributed by atoms with Gasteiger partial charge in [0.1, 0.15) is 6.73 Å². The normalized spacial score (nSPS) is 20.8. The topological polar surface area (TPSA) is 53.0 Å². The van der Waals surface area contributed by atoms with Gasteiger partial charge in [-0.05, 0) is 0 Å². The molecular weight excluding hydrogens is 160 g/mol. The molecule has 0 aromatic rings. The monoisotopic (exact) mass is 168 g/mol. The lowest BCUT2D eigenvalue weighted by Gasteiger charge is -2.20. The Labute approximate surface area is 69.1 Å². The van der Waals surface area contributed by atoms with E-state index in [9.17, 15) is 4.79 Å². The average Bonchev–Trinajstić information content (AvgIpc) is 2.49. The maximum Gasteiger partial charge on any atom is 0.415 e. The molecule has 1 N–H and O–H groups in total. The highest BCUT2D eigenvalue weighted by atomic mass is 16.5. The Morgan fingerprint density at radius 3 is 3.17 bits per heavy atom. The van der Waals surface area contributed by atoms with E-state index in [4.69, 9.17) is 9.84 Å². The number of amides is 1. The molecule has 0 radical (unpaired) electrons. The minimum Gasteiger partial charge on any atom is -0.464 e. The van der Waals surface area contributed by atoms with Gasteiger partial charge < -0.3 is 14.7 Å². The van der Waals surface area contributed by atoms with Crippen molar-refractivity contribution in [3.05, 3.63) is 24.3 Å². The summed E-state index contributed by atoms with van der Waals surface area (Å²) < 4.78 is 5.11. The quantitative estimate of drug-likeness (QED) is 0.575. The summed E-state index contributed by atoms with van der Waals surface area (Å²) in [6.45, 7) is 0.990. The molecule has 1 saturated heterocycles. The van der Waals surface area contributed by atoms with Crippen molar-refractivity contribution in [1.29, 1.82) is 0 Å². The summed E-state index contributed by atoms with van der Waals surface area (Å²) >= 11 is 0. The van der Waals surface area contributed by atoms with Crippen molar-refractivity contribution >= 4 is 6.09 Å². The van der Waals surface area contributed by atoms with Crippen LogP contribution in [0.3, 0.4) is 0 Å². The number of carbonyl (C=O) groups is 1. The van der Waals surface area contributed by atoms with Crippen molar-refractivity contribution in [3.8, 4) is 0 Å². The van der Waals surface area contributed by atoms with Gasteiger partial charge in [0.05, 0.1) is 12.3 Å². The highest BCUT2D eigenvalue weighted by Gasteiger charge is 2.21. The molecule has 12 heavy (non-hydrogen) atoms. The molecule has 2 aliphatic heterocycles. The summed E-state index contributed by atoms with van der Waals surface area (Å²) in [4.78, 5) is 13.5. The fraction of sp³-hybridized carbons (Fsp3) is 0.286. The zero-order valence-electron chi connectivity index (χ0n) is 6.30. The van der Waals surface area contributed by atoms with Crippen molar-refractivity contribution in [2.24, 2.45) is 0 Å². The minimum absolute atomic E-state index is 0.480. The van der Waals surface area contributed by atoms with E-state index in [0.29, 0.717) is 13.3 Å². The van der Waals surface area contributed by atoms with Crippen LogP contribution in [0.2, 0.25) is 0 Å². The van der Waals surface area contributed by atoms with Crippen LogP contribution in [0.4, 0.5) is 4.79 Å². The second kappa shape index (κ2) is 2.53. The Morgan fingerprint density at radius 1 is 1.58 bits per heavy atom. The molecule has 2 heterocycles. The first-order valence-corrected chi connectivity index (χ1v) is 3.52. The van der Waals surface area contributed by atoms with Crippen molar-refractivity contribution in [3.63, 3.8) is 0 Å². The summed E-state index contributed by atoms with van der Waals surface area (Å²) in [5.74, 6) is 0. The number of hydrogen-bond acceptors (Lipinski definition) is 3. The van der Waals surface area contributed by atoms with Crippen LogP contribution in [-0.4, -0.2) is 34.3 Å². The predicted molar refractivity (Wildman–Crippen MR) is 39.7 cm³/mol. The average molecular weight is 168 g/mol. The molecule has 5 heteroatoms. The third-order valence-electron chi connectivity index (χ3n) is 1.77. The number of hydrogen-bond donors (Lipinski definition) is 1. The molecule has 1 amide bonds. The first-order valence-electron chi connectivity index (χ1n) is 3.52. The summed E-state index contributed by atoms with van der Waals surface area (Å²) in [6, 6.07) is 0. The highest BCUT2D eigenvalue weighted by molar-refractivity contribution is 5.68. The van der Waals surface area contributed by atoms with E-state index < -0.39 is 6.09 Å². The molecule has 0 aromatic carbocycles. The van der Waals surface area contributed by atoms with Gasteiger partial charge in [0.2, 0.25) is 0 Å². The van der Waals surface area contributed by atoms with Crippen LogP contribution in [0.5, 0.6) is 0 Å². The Morgan fingerprint density at radius 2 is 2.42 bits per heavy atom. The van der Waals surface area contributed by atoms with Gasteiger partial charge in [-0.3, -0.25) is 4.90 Å². The van der Waals surface area contributed by atoms with E-state index in [2.05, 4.69) is 0 Å². The van der Waals surface area contributed by atoms with Gasteiger partial charge in [-0.1, -0.05) is 0 Å². The van der Waals surface area contributed by atoms with Gasteiger partial charge in [-0.2, -0.15) is 0 Å². The van der Waals surface area contributed by atoms with Crippen molar-refractivity contribution < 1.29 is 14.6 Å². The Bertz CT molecular complexity index is 272. The third kappa shape index (κ3) is 1.04. The van der Waals surface area contributed by atoms with Gasteiger partial charge in [0, 0.05) is 18.6 Å². The molecule has 1 fully saturated rings. The fourth-order valence-electron chi connectivity index (χ4n) is 1.14. The number of rotatable bonds is 0. The zero-order chi connectivity index (χ0) is 8.55. The van der Waals surface area contributed by atoms with Crippen LogP contribution in [0.25, 0.3) is 0 Å². The lowest BCUT2D eigenvalue weighted by atomic mass is 10.4. The molecule has 0 aliphatic carbocycles. The molecule has 2 aliphatic rings. The number of ether oxygens (including phenoxy) is 1.